The highest BCUT2D eigenvalue weighted by Gasteiger charge is 2.27. The Balaban J connectivity index is 1.77. The zero-order chi connectivity index (χ0) is 12.1. The molecule has 0 aromatic rings. The molecule has 2 fully saturated rings. The molecule has 2 aliphatic heterocycles. The number of amides is 1. The van der Waals surface area contributed by atoms with E-state index in [9.17, 15) is 4.79 Å². The molecule has 0 spiro atoms. The van der Waals surface area contributed by atoms with E-state index in [0.29, 0.717) is 0 Å². The molecule has 2 saturated heterocycles. The SMILES string of the molecule is CC/C=C/C(=O)N1CCC(N2CCCC2)CC1. The van der Waals surface area contributed by atoms with E-state index >= 15 is 0 Å². The van der Waals surface area contributed by atoms with Crippen molar-refractivity contribution < 1.29 is 4.79 Å². The van der Waals surface area contributed by atoms with Crippen LogP contribution in [0.2, 0.25) is 0 Å². The number of hydrogen-bond acceptors (Lipinski definition) is 2. The third-order valence-corrected chi connectivity index (χ3v) is 3.93. The Morgan fingerprint density at radius 1 is 1.18 bits per heavy atom. The van der Waals surface area contributed by atoms with Gasteiger partial charge in [0, 0.05) is 19.1 Å². The topological polar surface area (TPSA) is 23.6 Å². The van der Waals surface area contributed by atoms with Gasteiger partial charge in [-0.3, -0.25) is 4.79 Å². The normalized spacial score (nSPS) is 23.7. The first-order chi connectivity index (χ1) is 8.31. The van der Waals surface area contributed by atoms with Gasteiger partial charge in [-0.2, -0.15) is 0 Å². The lowest BCUT2D eigenvalue weighted by Crippen LogP contribution is -2.45. The van der Waals surface area contributed by atoms with Crippen LogP contribution in [0, 0.1) is 0 Å². The molecule has 0 unspecified atom stereocenters. The van der Waals surface area contributed by atoms with Gasteiger partial charge >= 0.3 is 0 Å². The summed E-state index contributed by atoms with van der Waals surface area (Å²) in [6.07, 6.45) is 9.66. The fourth-order valence-electron chi connectivity index (χ4n) is 2.88. The highest BCUT2D eigenvalue weighted by Crippen LogP contribution is 2.21. The maximum absolute atomic E-state index is 11.8. The summed E-state index contributed by atoms with van der Waals surface area (Å²) in [5, 5.41) is 0. The van der Waals surface area contributed by atoms with Crippen LogP contribution in [0.4, 0.5) is 0 Å². The summed E-state index contributed by atoms with van der Waals surface area (Å²) < 4.78 is 0. The van der Waals surface area contributed by atoms with Crippen LogP contribution in [-0.4, -0.2) is 47.9 Å². The summed E-state index contributed by atoms with van der Waals surface area (Å²) >= 11 is 0. The summed E-state index contributed by atoms with van der Waals surface area (Å²) in [5.41, 5.74) is 0. The number of piperidine rings is 1. The Morgan fingerprint density at radius 3 is 2.41 bits per heavy atom. The van der Waals surface area contributed by atoms with Crippen molar-refractivity contribution in [2.75, 3.05) is 26.2 Å². The lowest BCUT2D eigenvalue weighted by atomic mass is 10.0. The van der Waals surface area contributed by atoms with Gasteiger partial charge in [0.25, 0.3) is 0 Å². The van der Waals surface area contributed by atoms with E-state index in [-0.39, 0.29) is 5.91 Å². The standard InChI is InChI=1S/C14H24N2O/c1-2-3-6-14(17)16-11-7-13(8-12-16)15-9-4-5-10-15/h3,6,13H,2,4-5,7-12H2,1H3/b6-3+. The summed E-state index contributed by atoms with van der Waals surface area (Å²) in [7, 11) is 0. The van der Waals surface area contributed by atoms with E-state index in [0.717, 1.165) is 38.4 Å². The molecule has 96 valence electrons. The molecule has 3 heteroatoms. The highest BCUT2D eigenvalue weighted by molar-refractivity contribution is 5.87. The van der Waals surface area contributed by atoms with Crippen molar-refractivity contribution in [1.29, 1.82) is 0 Å². The Labute approximate surface area is 104 Å². The minimum Gasteiger partial charge on any atom is -0.339 e. The van der Waals surface area contributed by atoms with E-state index in [1.807, 2.05) is 11.0 Å². The molecule has 17 heavy (non-hydrogen) atoms. The van der Waals surface area contributed by atoms with Crippen LogP contribution < -0.4 is 0 Å². The minimum absolute atomic E-state index is 0.201. The van der Waals surface area contributed by atoms with Crippen molar-refractivity contribution in [3.8, 4) is 0 Å². The Hall–Kier alpha value is -0.830. The third kappa shape index (κ3) is 3.32. The van der Waals surface area contributed by atoms with E-state index in [1.165, 1.54) is 25.9 Å². The van der Waals surface area contributed by atoms with Crippen molar-refractivity contribution in [1.82, 2.24) is 9.80 Å². The van der Waals surface area contributed by atoms with Crippen LogP contribution in [0.5, 0.6) is 0 Å². The van der Waals surface area contributed by atoms with Crippen LogP contribution in [-0.2, 0) is 4.79 Å². The largest absolute Gasteiger partial charge is 0.339 e. The van der Waals surface area contributed by atoms with Gasteiger partial charge in [0.1, 0.15) is 0 Å². The molecule has 0 radical (unpaired) electrons. The molecule has 2 heterocycles. The maximum atomic E-state index is 11.8. The summed E-state index contributed by atoms with van der Waals surface area (Å²) in [4.78, 5) is 16.4. The van der Waals surface area contributed by atoms with E-state index in [1.54, 1.807) is 6.08 Å². The van der Waals surface area contributed by atoms with Crippen molar-refractivity contribution in [2.45, 2.75) is 45.1 Å². The number of likely N-dealkylation sites (tertiary alicyclic amines) is 2. The molecule has 0 atom stereocenters. The lowest BCUT2D eigenvalue weighted by Gasteiger charge is -2.36. The second kappa shape index (κ2) is 6.20. The molecule has 2 aliphatic rings. The van der Waals surface area contributed by atoms with Crippen molar-refractivity contribution in [3.05, 3.63) is 12.2 Å². The number of hydrogen-bond donors (Lipinski definition) is 0. The Morgan fingerprint density at radius 2 is 1.82 bits per heavy atom. The molecule has 0 aromatic carbocycles. The lowest BCUT2D eigenvalue weighted by molar-refractivity contribution is -0.127. The quantitative estimate of drug-likeness (QED) is 0.700. The molecule has 1 amide bonds. The summed E-state index contributed by atoms with van der Waals surface area (Å²) in [5.74, 6) is 0.201. The number of carbonyl (C=O) groups is 1. The predicted molar refractivity (Wildman–Crippen MR) is 69.8 cm³/mol. The smallest absolute Gasteiger partial charge is 0.246 e. The maximum Gasteiger partial charge on any atom is 0.246 e. The van der Waals surface area contributed by atoms with Gasteiger partial charge in [0.15, 0.2) is 0 Å². The van der Waals surface area contributed by atoms with Crippen LogP contribution in [0.15, 0.2) is 12.2 Å². The van der Waals surface area contributed by atoms with Crippen molar-refractivity contribution in [2.24, 2.45) is 0 Å². The molecule has 0 N–H and O–H groups in total. The number of rotatable bonds is 3. The first kappa shape index (κ1) is 12.6. The second-order valence-corrected chi connectivity index (χ2v) is 5.11. The van der Waals surface area contributed by atoms with Gasteiger partial charge in [-0.15, -0.1) is 0 Å². The Bertz CT molecular complexity index is 274. The molecular formula is C14H24N2O. The van der Waals surface area contributed by atoms with Crippen LogP contribution in [0.25, 0.3) is 0 Å². The summed E-state index contributed by atoms with van der Waals surface area (Å²) in [6.45, 7) is 6.48. The van der Waals surface area contributed by atoms with Gasteiger partial charge in [-0.05, 0) is 51.3 Å². The van der Waals surface area contributed by atoms with Gasteiger partial charge < -0.3 is 9.80 Å². The molecular weight excluding hydrogens is 212 g/mol. The monoisotopic (exact) mass is 236 g/mol. The Kier molecular flexibility index (Phi) is 4.60. The zero-order valence-corrected chi connectivity index (χ0v) is 10.9. The minimum atomic E-state index is 0.201. The average Bonchev–Trinajstić information content (AvgIpc) is 2.90. The molecule has 2 rings (SSSR count). The molecule has 0 bridgehead atoms. The molecule has 0 aromatic heterocycles. The zero-order valence-electron chi connectivity index (χ0n) is 10.9. The van der Waals surface area contributed by atoms with Gasteiger partial charge in [0.05, 0.1) is 0 Å². The fourth-order valence-corrected chi connectivity index (χ4v) is 2.88. The van der Waals surface area contributed by atoms with Crippen molar-refractivity contribution >= 4 is 5.91 Å². The first-order valence-corrected chi connectivity index (χ1v) is 7.00. The number of carbonyl (C=O) groups excluding carboxylic acids is 1. The molecule has 0 saturated carbocycles. The molecule has 3 nitrogen and oxygen atoms in total. The van der Waals surface area contributed by atoms with Gasteiger partial charge in [-0.25, -0.2) is 0 Å². The van der Waals surface area contributed by atoms with Crippen LogP contribution >= 0.6 is 0 Å². The fraction of sp³-hybridized carbons (Fsp3) is 0.786. The highest BCUT2D eigenvalue weighted by atomic mass is 16.2. The second-order valence-electron chi connectivity index (χ2n) is 5.11. The predicted octanol–water partition coefficient (Wildman–Crippen LogP) is 2.04. The van der Waals surface area contributed by atoms with E-state index in [4.69, 9.17) is 0 Å². The number of nitrogens with zero attached hydrogens (tertiary/aromatic N) is 2. The van der Waals surface area contributed by atoms with E-state index in [2.05, 4.69) is 11.8 Å². The third-order valence-electron chi connectivity index (χ3n) is 3.93. The van der Waals surface area contributed by atoms with Gasteiger partial charge in [-0.1, -0.05) is 13.0 Å². The molecule has 0 aliphatic carbocycles. The van der Waals surface area contributed by atoms with Crippen molar-refractivity contribution in [3.63, 3.8) is 0 Å². The van der Waals surface area contributed by atoms with Crippen LogP contribution in [0.1, 0.15) is 39.0 Å². The summed E-state index contributed by atoms with van der Waals surface area (Å²) in [6, 6.07) is 0.733. The number of allylic oxidation sites excluding steroid dienone is 1. The average molecular weight is 236 g/mol. The van der Waals surface area contributed by atoms with Crippen LogP contribution in [0.3, 0.4) is 0 Å². The first-order valence-electron chi connectivity index (χ1n) is 7.00. The van der Waals surface area contributed by atoms with Gasteiger partial charge in [0.2, 0.25) is 5.91 Å². The van der Waals surface area contributed by atoms with E-state index < -0.39 is 0 Å².